The van der Waals surface area contributed by atoms with Gasteiger partial charge in [0.1, 0.15) is 6.26 Å². The third kappa shape index (κ3) is 4.08. The van der Waals surface area contributed by atoms with Crippen LogP contribution in [0.15, 0.2) is 16.9 Å². The number of nitrogens with zero attached hydrogens (tertiary/aromatic N) is 2. The minimum Gasteiger partial charge on any atom is -0.364 e. The molecule has 0 atom stereocenters. The van der Waals surface area contributed by atoms with Crippen molar-refractivity contribution in [3.05, 3.63) is 18.0 Å². The monoisotopic (exact) mass is 265 g/mol. The second-order valence-corrected chi connectivity index (χ2v) is 4.69. The summed E-state index contributed by atoms with van der Waals surface area (Å²) in [5, 5.41) is 6.31. The Morgan fingerprint density at radius 1 is 1.42 bits per heavy atom. The zero-order valence-electron chi connectivity index (χ0n) is 10.9. The third-order valence-corrected chi connectivity index (χ3v) is 3.23. The predicted molar refractivity (Wildman–Crippen MR) is 68.5 cm³/mol. The van der Waals surface area contributed by atoms with Crippen molar-refractivity contribution in [2.75, 3.05) is 19.6 Å². The lowest BCUT2D eigenvalue weighted by Crippen LogP contribution is -2.34. The number of carbonyl (C=O) groups excluding carboxylic acids is 2. The molecule has 1 fully saturated rings. The van der Waals surface area contributed by atoms with Crippen LogP contribution < -0.4 is 5.32 Å². The van der Waals surface area contributed by atoms with E-state index in [1.807, 2.05) is 4.90 Å². The van der Waals surface area contributed by atoms with Gasteiger partial charge in [-0.25, -0.2) is 0 Å². The van der Waals surface area contributed by atoms with Crippen molar-refractivity contribution < 1.29 is 14.1 Å². The number of rotatable bonds is 5. The minimum absolute atomic E-state index is 0.236. The first-order chi connectivity index (χ1) is 9.27. The average molecular weight is 265 g/mol. The summed E-state index contributed by atoms with van der Waals surface area (Å²) in [6, 6.07) is 1.52. The Kier molecular flexibility index (Phi) is 4.94. The maximum Gasteiger partial charge on any atom is 0.273 e. The van der Waals surface area contributed by atoms with Crippen LogP contribution >= 0.6 is 0 Å². The molecule has 0 aromatic carbocycles. The zero-order valence-corrected chi connectivity index (χ0v) is 10.9. The van der Waals surface area contributed by atoms with Crippen LogP contribution in [0.2, 0.25) is 0 Å². The highest BCUT2D eigenvalue weighted by Crippen LogP contribution is 2.11. The van der Waals surface area contributed by atoms with Crippen molar-refractivity contribution in [3.8, 4) is 0 Å². The predicted octanol–water partition coefficient (Wildman–Crippen LogP) is 1.20. The smallest absolute Gasteiger partial charge is 0.273 e. The van der Waals surface area contributed by atoms with Crippen LogP contribution in [0.3, 0.4) is 0 Å². The van der Waals surface area contributed by atoms with E-state index in [1.54, 1.807) is 0 Å². The molecule has 6 heteroatoms. The first-order valence-electron chi connectivity index (χ1n) is 6.74. The van der Waals surface area contributed by atoms with Crippen LogP contribution in [0.1, 0.15) is 42.6 Å². The fraction of sp³-hybridized carbons (Fsp3) is 0.615. The van der Waals surface area contributed by atoms with E-state index in [2.05, 4.69) is 15.0 Å². The molecular weight excluding hydrogens is 246 g/mol. The topological polar surface area (TPSA) is 75.4 Å². The molecule has 0 aliphatic carbocycles. The van der Waals surface area contributed by atoms with Crippen molar-refractivity contribution in [2.45, 2.75) is 32.1 Å². The van der Waals surface area contributed by atoms with Crippen LogP contribution in [0.5, 0.6) is 0 Å². The molecule has 2 heterocycles. The van der Waals surface area contributed by atoms with Crippen LogP contribution in [0.4, 0.5) is 0 Å². The summed E-state index contributed by atoms with van der Waals surface area (Å²) in [7, 11) is 0. The molecule has 1 aromatic heterocycles. The van der Waals surface area contributed by atoms with E-state index in [0.717, 1.165) is 32.2 Å². The number of carbonyl (C=O) groups is 2. The molecule has 1 saturated heterocycles. The van der Waals surface area contributed by atoms with Gasteiger partial charge in [0.25, 0.3) is 5.91 Å². The molecule has 2 amide bonds. The summed E-state index contributed by atoms with van der Waals surface area (Å²) in [6.07, 6.45) is 5.99. The summed E-state index contributed by atoms with van der Waals surface area (Å²) < 4.78 is 4.60. The molecule has 2 rings (SSSR count). The molecule has 0 saturated carbocycles. The van der Waals surface area contributed by atoms with Gasteiger partial charge in [-0.2, -0.15) is 0 Å². The minimum atomic E-state index is -0.240. The van der Waals surface area contributed by atoms with Crippen molar-refractivity contribution in [3.63, 3.8) is 0 Å². The van der Waals surface area contributed by atoms with Gasteiger partial charge in [-0.3, -0.25) is 9.59 Å². The Bertz CT molecular complexity index is 417. The Morgan fingerprint density at radius 3 is 3.11 bits per heavy atom. The molecule has 1 aromatic rings. The molecule has 0 bridgehead atoms. The maximum absolute atomic E-state index is 11.7. The van der Waals surface area contributed by atoms with E-state index in [9.17, 15) is 9.59 Å². The Balaban J connectivity index is 1.66. The van der Waals surface area contributed by atoms with Crippen molar-refractivity contribution in [1.82, 2.24) is 15.4 Å². The van der Waals surface area contributed by atoms with Gasteiger partial charge < -0.3 is 14.7 Å². The molecule has 0 spiro atoms. The van der Waals surface area contributed by atoms with Crippen molar-refractivity contribution >= 4 is 11.8 Å². The lowest BCUT2D eigenvalue weighted by atomic mass is 10.2. The van der Waals surface area contributed by atoms with Crippen molar-refractivity contribution in [1.29, 1.82) is 0 Å². The van der Waals surface area contributed by atoms with Crippen molar-refractivity contribution in [2.24, 2.45) is 0 Å². The molecule has 0 unspecified atom stereocenters. The van der Waals surface area contributed by atoms with E-state index in [1.165, 1.54) is 12.3 Å². The van der Waals surface area contributed by atoms with Gasteiger partial charge in [-0.15, -0.1) is 0 Å². The summed E-state index contributed by atoms with van der Waals surface area (Å²) in [6.45, 7) is 2.09. The Morgan fingerprint density at radius 2 is 2.32 bits per heavy atom. The standard InChI is InChI=1S/C13H19N3O3/c17-12-5-2-1-3-8-16(12)9-4-7-14-13(18)11-6-10-19-15-11/h6,10H,1-5,7-9H2,(H,14,18). The van der Waals surface area contributed by atoms with Gasteiger partial charge in [0.05, 0.1) is 0 Å². The van der Waals surface area contributed by atoms with Gasteiger partial charge in [0.2, 0.25) is 5.91 Å². The summed E-state index contributed by atoms with van der Waals surface area (Å²) in [4.78, 5) is 25.2. The number of hydrogen-bond donors (Lipinski definition) is 1. The average Bonchev–Trinajstić information content (AvgIpc) is 2.87. The highest BCUT2D eigenvalue weighted by molar-refractivity contribution is 5.91. The van der Waals surface area contributed by atoms with Gasteiger partial charge in [-0.05, 0) is 19.3 Å². The highest BCUT2D eigenvalue weighted by atomic mass is 16.5. The molecular formula is C13H19N3O3. The lowest BCUT2D eigenvalue weighted by molar-refractivity contribution is -0.130. The maximum atomic E-state index is 11.7. The number of nitrogens with one attached hydrogen (secondary N) is 1. The number of amides is 2. The first-order valence-corrected chi connectivity index (χ1v) is 6.74. The van der Waals surface area contributed by atoms with E-state index >= 15 is 0 Å². The number of aromatic nitrogens is 1. The van der Waals surface area contributed by atoms with Crippen LogP contribution in [-0.4, -0.2) is 41.5 Å². The SMILES string of the molecule is O=C(NCCCN1CCCCCC1=O)c1ccon1. The lowest BCUT2D eigenvalue weighted by Gasteiger charge is -2.20. The van der Waals surface area contributed by atoms with E-state index < -0.39 is 0 Å². The molecule has 6 nitrogen and oxygen atoms in total. The van der Waals surface area contributed by atoms with Crippen LogP contribution in [0.25, 0.3) is 0 Å². The fourth-order valence-electron chi connectivity index (χ4n) is 2.17. The van der Waals surface area contributed by atoms with Gasteiger partial charge in [0, 0.05) is 32.1 Å². The summed E-state index contributed by atoms with van der Waals surface area (Å²) >= 11 is 0. The summed E-state index contributed by atoms with van der Waals surface area (Å²) in [5.41, 5.74) is 0.283. The van der Waals surface area contributed by atoms with Gasteiger partial charge in [0.15, 0.2) is 5.69 Å². The second-order valence-electron chi connectivity index (χ2n) is 4.69. The zero-order chi connectivity index (χ0) is 13.5. The van der Waals surface area contributed by atoms with E-state index in [4.69, 9.17) is 0 Å². The summed E-state index contributed by atoms with van der Waals surface area (Å²) in [5.74, 6) is -0.00345. The largest absolute Gasteiger partial charge is 0.364 e. The van der Waals surface area contributed by atoms with Gasteiger partial charge >= 0.3 is 0 Å². The normalized spacial score (nSPS) is 16.2. The van der Waals surface area contributed by atoms with Crippen LogP contribution in [-0.2, 0) is 4.79 Å². The molecule has 1 aliphatic heterocycles. The van der Waals surface area contributed by atoms with Gasteiger partial charge in [-0.1, -0.05) is 11.6 Å². The first kappa shape index (κ1) is 13.6. The third-order valence-electron chi connectivity index (χ3n) is 3.23. The molecule has 104 valence electrons. The molecule has 1 aliphatic rings. The fourth-order valence-corrected chi connectivity index (χ4v) is 2.17. The quantitative estimate of drug-likeness (QED) is 0.812. The number of hydrogen-bond acceptors (Lipinski definition) is 4. The highest BCUT2D eigenvalue weighted by Gasteiger charge is 2.16. The molecule has 1 N–H and O–H groups in total. The molecule has 19 heavy (non-hydrogen) atoms. The molecule has 0 radical (unpaired) electrons. The van der Waals surface area contributed by atoms with Crippen LogP contribution in [0, 0.1) is 0 Å². The Labute approximate surface area is 112 Å². The second kappa shape index (κ2) is 6.92. The van der Waals surface area contributed by atoms with E-state index in [0.29, 0.717) is 19.5 Å². The Hall–Kier alpha value is -1.85. The van der Waals surface area contributed by atoms with E-state index in [-0.39, 0.29) is 17.5 Å². The number of likely N-dealkylation sites (tertiary alicyclic amines) is 1.